The molecule has 0 amide bonds. The molecule has 0 aromatic heterocycles. The van der Waals surface area contributed by atoms with Crippen LogP contribution in [-0.2, 0) is 9.63 Å². The second kappa shape index (κ2) is 4.69. The predicted molar refractivity (Wildman–Crippen MR) is 46.7 cm³/mol. The lowest BCUT2D eigenvalue weighted by atomic mass is 10.1. The van der Waals surface area contributed by atoms with Crippen LogP contribution in [0.2, 0.25) is 0 Å². The third-order valence-corrected chi connectivity index (χ3v) is 1.77. The van der Waals surface area contributed by atoms with Gasteiger partial charge in [0.15, 0.2) is 0 Å². The van der Waals surface area contributed by atoms with Crippen LogP contribution in [0.25, 0.3) is 0 Å². The molecule has 4 nitrogen and oxygen atoms in total. The molecule has 0 aliphatic rings. The van der Waals surface area contributed by atoms with Gasteiger partial charge >= 0.3 is 5.97 Å². The minimum absolute atomic E-state index is 0.248. The van der Waals surface area contributed by atoms with Gasteiger partial charge in [-0.05, 0) is 17.7 Å². The molecule has 0 radical (unpaired) electrons. The van der Waals surface area contributed by atoms with E-state index in [1.165, 1.54) is 24.3 Å². The summed E-state index contributed by atoms with van der Waals surface area (Å²) in [6.45, 7) is 0. The Labute approximate surface area is 80.1 Å². The van der Waals surface area contributed by atoms with Crippen molar-refractivity contribution in [2.24, 2.45) is 5.90 Å². The lowest BCUT2D eigenvalue weighted by Crippen LogP contribution is -2.13. The Morgan fingerprint density at radius 1 is 1.50 bits per heavy atom. The van der Waals surface area contributed by atoms with Crippen LogP contribution in [0.1, 0.15) is 18.1 Å². The van der Waals surface area contributed by atoms with E-state index >= 15 is 0 Å². The summed E-state index contributed by atoms with van der Waals surface area (Å²) in [5, 5.41) is 8.52. The Morgan fingerprint density at radius 3 is 2.50 bits per heavy atom. The van der Waals surface area contributed by atoms with Gasteiger partial charge in [-0.1, -0.05) is 12.1 Å². The van der Waals surface area contributed by atoms with Crippen LogP contribution in [0.3, 0.4) is 0 Å². The molecule has 0 saturated heterocycles. The molecular weight excluding hydrogens is 189 g/mol. The van der Waals surface area contributed by atoms with Crippen LogP contribution in [0.15, 0.2) is 24.3 Å². The minimum Gasteiger partial charge on any atom is -0.481 e. The van der Waals surface area contributed by atoms with E-state index in [1.807, 2.05) is 0 Å². The van der Waals surface area contributed by atoms with Crippen molar-refractivity contribution in [3.8, 4) is 0 Å². The van der Waals surface area contributed by atoms with Gasteiger partial charge in [0.1, 0.15) is 11.9 Å². The van der Waals surface area contributed by atoms with E-state index in [2.05, 4.69) is 4.84 Å². The fourth-order valence-corrected chi connectivity index (χ4v) is 1.08. The monoisotopic (exact) mass is 199 g/mol. The maximum Gasteiger partial charge on any atom is 0.306 e. The standard InChI is InChI=1S/C9H10FNO3/c10-7-3-1-6(2-4-7)8(14-11)5-9(12)13/h1-4,8H,5,11H2,(H,12,13). The fourth-order valence-electron chi connectivity index (χ4n) is 1.08. The highest BCUT2D eigenvalue weighted by atomic mass is 19.1. The zero-order chi connectivity index (χ0) is 10.6. The van der Waals surface area contributed by atoms with Crippen LogP contribution in [-0.4, -0.2) is 11.1 Å². The molecule has 0 aliphatic carbocycles. The van der Waals surface area contributed by atoms with Gasteiger partial charge < -0.3 is 5.11 Å². The zero-order valence-corrected chi connectivity index (χ0v) is 7.31. The zero-order valence-electron chi connectivity index (χ0n) is 7.31. The Balaban J connectivity index is 2.78. The molecular formula is C9H10FNO3. The average Bonchev–Trinajstić information content (AvgIpc) is 2.15. The van der Waals surface area contributed by atoms with Gasteiger partial charge in [-0.2, -0.15) is 0 Å². The number of benzene rings is 1. The number of carbonyl (C=O) groups is 1. The van der Waals surface area contributed by atoms with Crippen molar-refractivity contribution in [1.82, 2.24) is 0 Å². The molecule has 5 heteroatoms. The summed E-state index contributed by atoms with van der Waals surface area (Å²) < 4.78 is 12.5. The number of rotatable bonds is 4. The molecule has 1 atom stereocenters. The van der Waals surface area contributed by atoms with Gasteiger partial charge in [0.25, 0.3) is 0 Å². The third kappa shape index (κ3) is 2.79. The summed E-state index contributed by atoms with van der Waals surface area (Å²) in [5.41, 5.74) is 0.538. The lowest BCUT2D eigenvalue weighted by molar-refractivity contribution is -0.140. The maximum absolute atomic E-state index is 12.5. The molecule has 0 saturated carbocycles. The van der Waals surface area contributed by atoms with Gasteiger partial charge in [-0.15, -0.1) is 0 Å². The third-order valence-electron chi connectivity index (χ3n) is 1.77. The Bertz CT molecular complexity index is 312. The van der Waals surface area contributed by atoms with E-state index in [0.717, 1.165) is 0 Å². The van der Waals surface area contributed by atoms with Gasteiger partial charge in [0, 0.05) is 0 Å². The summed E-state index contributed by atoms with van der Waals surface area (Å²) in [4.78, 5) is 14.9. The number of hydrogen-bond acceptors (Lipinski definition) is 3. The molecule has 0 aliphatic heterocycles. The number of nitrogens with two attached hydrogens (primary N) is 1. The van der Waals surface area contributed by atoms with Gasteiger partial charge in [-0.3, -0.25) is 9.63 Å². The first kappa shape index (κ1) is 10.6. The molecule has 14 heavy (non-hydrogen) atoms. The quantitative estimate of drug-likeness (QED) is 0.715. The summed E-state index contributed by atoms with van der Waals surface area (Å²) in [6, 6.07) is 5.33. The Hall–Kier alpha value is -1.46. The molecule has 0 bridgehead atoms. The molecule has 3 N–H and O–H groups in total. The maximum atomic E-state index is 12.5. The molecule has 1 rings (SSSR count). The molecule has 1 aromatic carbocycles. The Morgan fingerprint density at radius 2 is 2.07 bits per heavy atom. The topological polar surface area (TPSA) is 72.5 Å². The normalized spacial score (nSPS) is 12.4. The second-order valence-electron chi connectivity index (χ2n) is 2.77. The summed E-state index contributed by atoms with van der Waals surface area (Å²) in [5.74, 6) is 3.52. The molecule has 1 aromatic rings. The first-order valence-electron chi connectivity index (χ1n) is 3.96. The van der Waals surface area contributed by atoms with E-state index in [-0.39, 0.29) is 12.2 Å². The lowest BCUT2D eigenvalue weighted by Gasteiger charge is -2.11. The van der Waals surface area contributed by atoms with Crippen molar-refractivity contribution >= 4 is 5.97 Å². The fraction of sp³-hybridized carbons (Fsp3) is 0.222. The predicted octanol–water partition coefficient (Wildman–Crippen LogP) is 1.23. The van der Waals surface area contributed by atoms with Gasteiger partial charge in [-0.25, -0.2) is 10.3 Å². The van der Waals surface area contributed by atoms with Crippen molar-refractivity contribution in [2.75, 3.05) is 0 Å². The number of carboxylic acid groups (broad SMARTS) is 1. The molecule has 1 unspecified atom stereocenters. The first-order chi connectivity index (χ1) is 6.63. The summed E-state index contributed by atoms with van der Waals surface area (Å²) >= 11 is 0. The first-order valence-corrected chi connectivity index (χ1v) is 3.96. The molecule has 0 fully saturated rings. The van der Waals surface area contributed by atoms with Crippen molar-refractivity contribution in [3.63, 3.8) is 0 Å². The van der Waals surface area contributed by atoms with Crippen LogP contribution in [0.4, 0.5) is 4.39 Å². The van der Waals surface area contributed by atoms with Gasteiger partial charge in [0.05, 0.1) is 6.42 Å². The van der Waals surface area contributed by atoms with Crippen LogP contribution >= 0.6 is 0 Å². The molecule has 76 valence electrons. The van der Waals surface area contributed by atoms with Crippen LogP contribution in [0.5, 0.6) is 0 Å². The van der Waals surface area contributed by atoms with Crippen LogP contribution in [0, 0.1) is 5.82 Å². The summed E-state index contributed by atoms with van der Waals surface area (Å²) in [6.07, 6.45) is -0.990. The van der Waals surface area contributed by atoms with Crippen molar-refractivity contribution < 1.29 is 19.1 Å². The number of hydrogen-bond donors (Lipinski definition) is 2. The van der Waals surface area contributed by atoms with Crippen molar-refractivity contribution in [2.45, 2.75) is 12.5 Å². The minimum atomic E-state index is -1.02. The molecule has 0 spiro atoms. The van der Waals surface area contributed by atoms with Crippen molar-refractivity contribution in [1.29, 1.82) is 0 Å². The smallest absolute Gasteiger partial charge is 0.306 e. The average molecular weight is 199 g/mol. The van der Waals surface area contributed by atoms with E-state index in [1.54, 1.807) is 0 Å². The van der Waals surface area contributed by atoms with Gasteiger partial charge in [0.2, 0.25) is 0 Å². The van der Waals surface area contributed by atoms with E-state index < -0.39 is 12.1 Å². The largest absolute Gasteiger partial charge is 0.481 e. The second-order valence-corrected chi connectivity index (χ2v) is 2.77. The SMILES string of the molecule is NOC(CC(=O)O)c1ccc(F)cc1. The van der Waals surface area contributed by atoms with E-state index in [4.69, 9.17) is 11.0 Å². The number of carboxylic acids is 1. The number of halogens is 1. The highest BCUT2D eigenvalue weighted by Gasteiger charge is 2.15. The van der Waals surface area contributed by atoms with Crippen LogP contribution < -0.4 is 5.90 Å². The van der Waals surface area contributed by atoms with E-state index in [9.17, 15) is 9.18 Å². The highest BCUT2D eigenvalue weighted by molar-refractivity contribution is 5.67. The molecule has 0 heterocycles. The highest BCUT2D eigenvalue weighted by Crippen LogP contribution is 2.19. The number of aliphatic carboxylic acids is 1. The van der Waals surface area contributed by atoms with Crippen molar-refractivity contribution in [3.05, 3.63) is 35.6 Å². The Kier molecular flexibility index (Phi) is 3.55. The summed E-state index contributed by atoms with van der Waals surface area (Å²) in [7, 11) is 0. The van der Waals surface area contributed by atoms with E-state index in [0.29, 0.717) is 5.56 Å².